The van der Waals surface area contributed by atoms with Crippen molar-refractivity contribution >= 4 is 0 Å². The summed E-state index contributed by atoms with van der Waals surface area (Å²) in [4.78, 5) is 2.38. The number of hydrogen-bond acceptors (Lipinski definition) is 3. The molecule has 0 radical (unpaired) electrons. The lowest BCUT2D eigenvalue weighted by Crippen LogP contribution is -2.34. The third-order valence-electron chi connectivity index (χ3n) is 4.13. The molecule has 0 saturated carbocycles. The molecule has 0 spiro atoms. The molecule has 1 aromatic rings. The van der Waals surface area contributed by atoms with Gasteiger partial charge in [-0.15, -0.1) is 0 Å². The molecule has 0 amide bonds. The summed E-state index contributed by atoms with van der Waals surface area (Å²) < 4.78 is 6.13. The maximum absolute atomic E-state index is 6.13. The molecule has 3 nitrogen and oxygen atoms in total. The van der Waals surface area contributed by atoms with Crippen molar-refractivity contribution in [2.75, 3.05) is 26.7 Å². The van der Waals surface area contributed by atoms with Crippen molar-refractivity contribution in [3.63, 3.8) is 0 Å². The first-order chi connectivity index (χ1) is 10.1. The summed E-state index contributed by atoms with van der Waals surface area (Å²) in [5.41, 5.74) is 2.69. The Kier molecular flexibility index (Phi) is 6.68. The molecule has 3 heteroatoms. The lowest BCUT2D eigenvalue weighted by atomic mass is 10.1. The standard InChI is InChI=1S/C18H30N2O/c1-15(2)12-19-13-16-6-4-5-7-17(16)14-21-18-8-10-20(3)11-9-18/h4-7,15,18-19H,8-14H2,1-3H3. The summed E-state index contributed by atoms with van der Waals surface area (Å²) in [6.45, 7) is 9.53. The zero-order chi connectivity index (χ0) is 15.1. The maximum Gasteiger partial charge on any atom is 0.0723 e. The average molecular weight is 290 g/mol. The van der Waals surface area contributed by atoms with Crippen LogP contribution in [-0.4, -0.2) is 37.7 Å². The Morgan fingerprint density at radius 1 is 1.19 bits per heavy atom. The van der Waals surface area contributed by atoms with Crippen molar-refractivity contribution in [2.45, 2.75) is 45.9 Å². The molecule has 1 fully saturated rings. The van der Waals surface area contributed by atoms with Crippen molar-refractivity contribution < 1.29 is 4.74 Å². The van der Waals surface area contributed by atoms with Crippen LogP contribution in [0.2, 0.25) is 0 Å². The number of nitrogens with zero attached hydrogens (tertiary/aromatic N) is 1. The summed E-state index contributed by atoms with van der Waals surface area (Å²) in [5, 5.41) is 3.52. The highest BCUT2D eigenvalue weighted by Crippen LogP contribution is 2.16. The van der Waals surface area contributed by atoms with Gasteiger partial charge in [0.1, 0.15) is 0 Å². The summed E-state index contributed by atoms with van der Waals surface area (Å²) in [6, 6.07) is 8.63. The van der Waals surface area contributed by atoms with Crippen molar-refractivity contribution in [3.8, 4) is 0 Å². The van der Waals surface area contributed by atoms with Crippen LogP contribution < -0.4 is 5.32 Å². The van der Waals surface area contributed by atoms with Gasteiger partial charge in [-0.05, 0) is 43.5 Å². The van der Waals surface area contributed by atoms with Gasteiger partial charge in [0.25, 0.3) is 0 Å². The minimum absolute atomic E-state index is 0.429. The van der Waals surface area contributed by atoms with Crippen LogP contribution in [-0.2, 0) is 17.9 Å². The smallest absolute Gasteiger partial charge is 0.0723 e. The van der Waals surface area contributed by atoms with Gasteiger partial charge < -0.3 is 15.0 Å². The Labute approximate surface area is 129 Å². The molecule has 1 N–H and O–H groups in total. The van der Waals surface area contributed by atoms with Gasteiger partial charge in [0.15, 0.2) is 0 Å². The number of nitrogens with one attached hydrogen (secondary N) is 1. The predicted octanol–water partition coefficient (Wildman–Crippen LogP) is 3.04. The van der Waals surface area contributed by atoms with E-state index in [2.05, 4.69) is 55.4 Å². The first-order valence-electron chi connectivity index (χ1n) is 8.23. The fraction of sp³-hybridized carbons (Fsp3) is 0.667. The van der Waals surface area contributed by atoms with E-state index in [-0.39, 0.29) is 0 Å². The van der Waals surface area contributed by atoms with Crippen LogP contribution >= 0.6 is 0 Å². The molecule has 1 saturated heterocycles. The highest BCUT2D eigenvalue weighted by atomic mass is 16.5. The molecule has 118 valence electrons. The van der Waals surface area contributed by atoms with Crippen LogP contribution in [0.5, 0.6) is 0 Å². The van der Waals surface area contributed by atoms with Gasteiger partial charge in [0, 0.05) is 19.6 Å². The van der Waals surface area contributed by atoms with Crippen molar-refractivity contribution in [3.05, 3.63) is 35.4 Å². The molecule has 1 aliphatic rings. The molecular formula is C18H30N2O. The first kappa shape index (κ1) is 16.5. The fourth-order valence-electron chi connectivity index (χ4n) is 2.73. The number of benzene rings is 1. The van der Waals surface area contributed by atoms with Gasteiger partial charge in [0.05, 0.1) is 12.7 Å². The van der Waals surface area contributed by atoms with E-state index < -0.39 is 0 Å². The van der Waals surface area contributed by atoms with E-state index in [1.165, 1.54) is 11.1 Å². The minimum Gasteiger partial charge on any atom is -0.373 e. The molecule has 2 rings (SSSR count). The van der Waals surface area contributed by atoms with E-state index in [4.69, 9.17) is 4.74 Å². The predicted molar refractivity (Wildman–Crippen MR) is 88.3 cm³/mol. The quantitative estimate of drug-likeness (QED) is 0.835. The number of ether oxygens (including phenoxy) is 1. The number of hydrogen-bond donors (Lipinski definition) is 1. The van der Waals surface area contributed by atoms with Gasteiger partial charge in [-0.1, -0.05) is 38.1 Å². The Bertz CT molecular complexity index is 411. The number of likely N-dealkylation sites (tertiary alicyclic amines) is 1. The second kappa shape index (κ2) is 8.52. The van der Waals surface area contributed by atoms with Crippen LogP contribution in [0.1, 0.15) is 37.8 Å². The SMILES string of the molecule is CC(C)CNCc1ccccc1COC1CCN(C)CC1. The third kappa shape index (κ3) is 5.77. The lowest BCUT2D eigenvalue weighted by Gasteiger charge is -2.29. The average Bonchev–Trinajstić information content (AvgIpc) is 2.47. The van der Waals surface area contributed by atoms with Crippen LogP contribution in [0.3, 0.4) is 0 Å². The van der Waals surface area contributed by atoms with Crippen LogP contribution in [0.25, 0.3) is 0 Å². The number of piperidine rings is 1. The Morgan fingerprint density at radius 3 is 2.52 bits per heavy atom. The molecule has 0 atom stereocenters. The second-order valence-corrected chi connectivity index (χ2v) is 6.61. The fourth-order valence-corrected chi connectivity index (χ4v) is 2.73. The third-order valence-corrected chi connectivity index (χ3v) is 4.13. The van der Waals surface area contributed by atoms with Gasteiger partial charge in [-0.25, -0.2) is 0 Å². The maximum atomic E-state index is 6.13. The van der Waals surface area contributed by atoms with E-state index >= 15 is 0 Å². The van der Waals surface area contributed by atoms with Crippen LogP contribution in [0.15, 0.2) is 24.3 Å². The first-order valence-corrected chi connectivity index (χ1v) is 8.23. The van der Waals surface area contributed by atoms with E-state index in [0.717, 1.165) is 45.6 Å². The van der Waals surface area contributed by atoms with Gasteiger partial charge >= 0.3 is 0 Å². The zero-order valence-electron chi connectivity index (χ0n) is 13.8. The van der Waals surface area contributed by atoms with Gasteiger partial charge in [-0.2, -0.15) is 0 Å². The van der Waals surface area contributed by atoms with Crippen LogP contribution in [0, 0.1) is 5.92 Å². The minimum atomic E-state index is 0.429. The largest absolute Gasteiger partial charge is 0.373 e. The molecule has 0 aromatic heterocycles. The molecular weight excluding hydrogens is 260 g/mol. The highest BCUT2D eigenvalue weighted by Gasteiger charge is 2.17. The molecule has 0 unspecified atom stereocenters. The van der Waals surface area contributed by atoms with Crippen molar-refractivity contribution in [1.82, 2.24) is 10.2 Å². The van der Waals surface area contributed by atoms with E-state index in [1.54, 1.807) is 0 Å². The van der Waals surface area contributed by atoms with E-state index in [9.17, 15) is 0 Å². The van der Waals surface area contributed by atoms with E-state index in [0.29, 0.717) is 12.0 Å². The number of rotatable bonds is 7. The monoisotopic (exact) mass is 290 g/mol. The normalized spacial score (nSPS) is 17.5. The summed E-state index contributed by atoms with van der Waals surface area (Å²) >= 11 is 0. The molecule has 1 aliphatic heterocycles. The van der Waals surface area contributed by atoms with Crippen LogP contribution in [0.4, 0.5) is 0 Å². The Hall–Kier alpha value is -0.900. The van der Waals surface area contributed by atoms with Gasteiger partial charge in [0.2, 0.25) is 0 Å². The van der Waals surface area contributed by atoms with E-state index in [1.807, 2.05) is 0 Å². The topological polar surface area (TPSA) is 24.5 Å². The summed E-state index contributed by atoms with van der Waals surface area (Å²) in [5.74, 6) is 0.688. The molecule has 1 heterocycles. The van der Waals surface area contributed by atoms with Gasteiger partial charge in [-0.3, -0.25) is 0 Å². The van der Waals surface area contributed by atoms with Crippen molar-refractivity contribution in [2.24, 2.45) is 5.92 Å². The lowest BCUT2D eigenvalue weighted by molar-refractivity contribution is 0.00184. The Morgan fingerprint density at radius 2 is 1.86 bits per heavy atom. The highest BCUT2D eigenvalue weighted by molar-refractivity contribution is 5.26. The van der Waals surface area contributed by atoms with Crippen molar-refractivity contribution in [1.29, 1.82) is 0 Å². The summed E-state index contributed by atoms with van der Waals surface area (Å²) in [6.07, 6.45) is 2.74. The second-order valence-electron chi connectivity index (χ2n) is 6.61. The molecule has 0 aliphatic carbocycles. The molecule has 0 bridgehead atoms. The molecule has 1 aromatic carbocycles. The Balaban J connectivity index is 1.82. The zero-order valence-corrected chi connectivity index (χ0v) is 13.8. The summed E-state index contributed by atoms with van der Waals surface area (Å²) in [7, 11) is 2.19. The molecule has 21 heavy (non-hydrogen) atoms.